The Morgan fingerprint density at radius 2 is 2.00 bits per heavy atom. The third-order valence-corrected chi connectivity index (χ3v) is 3.63. The fourth-order valence-corrected chi connectivity index (χ4v) is 2.21. The summed E-state index contributed by atoms with van der Waals surface area (Å²) in [5, 5.41) is 8.88. The molecule has 1 atom stereocenters. The smallest absolute Gasteiger partial charge is 0.245 e. The molecule has 0 aliphatic rings. The number of hydrogen-bond donors (Lipinski definition) is 2. The summed E-state index contributed by atoms with van der Waals surface area (Å²) < 4.78 is 0. The minimum Gasteiger partial charge on any atom is -0.280 e. The number of nitrogens with one attached hydrogen (secondary N) is 2. The number of fused-ring (bicyclic) bond motifs is 1. The summed E-state index contributed by atoms with van der Waals surface area (Å²) in [4.78, 5) is 16.6. The van der Waals surface area contributed by atoms with Gasteiger partial charge in [-0.05, 0) is 49.7 Å². The number of anilines is 1. The molecular weight excluding hydrogens is 290 g/mol. The average molecular weight is 307 g/mol. The molecule has 1 amide bonds. The lowest BCUT2D eigenvalue weighted by molar-refractivity contribution is -0.121. The first-order valence-corrected chi connectivity index (χ1v) is 7.34. The second-order valence-corrected chi connectivity index (χ2v) is 5.35. The summed E-state index contributed by atoms with van der Waals surface area (Å²) in [6.07, 6.45) is 1.75. The van der Waals surface area contributed by atoms with Crippen molar-refractivity contribution in [2.45, 2.75) is 19.8 Å². The first kappa shape index (κ1) is 14.9. The van der Waals surface area contributed by atoms with Crippen LogP contribution < -0.4 is 10.9 Å². The van der Waals surface area contributed by atoms with Crippen LogP contribution in [-0.2, 0) is 4.79 Å². The van der Waals surface area contributed by atoms with E-state index in [-0.39, 0.29) is 11.8 Å². The number of carbonyl (C=O) groups is 1. The zero-order chi connectivity index (χ0) is 16.2. The molecule has 23 heavy (non-hydrogen) atoms. The van der Waals surface area contributed by atoms with Crippen LogP contribution >= 0.6 is 0 Å². The Labute approximate surface area is 133 Å². The first-order valence-electron chi connectivity index (χ1n) is 7.34. The molecule has 2 N–H and O–H groups in total. The molecule has 0 bridgehead atoms. The van der Waals surface area contributed by atoms with E-state index in [0.29, 0.717) is 5.82 Å². The zero-order valence-corrected chi connectivity index (χ0v) is 12.9. The molecule has 0 aliphatic carbocycles. The fourth-order valence-electron chi connectivity index (χ4n) is 2.21. The maximum Gasteiger partial charge on any atom is 0.245 e. The Balaban J connectivity index is 1.69. The maximum atomic E-state index is 12.3. The highest BCUT2D eigenvalue weighted by Gasteiger charge is 2.15. The van der Waals surface area contributed by atoms with E-state index in [0.717, 1.165) is 22.2 Å². The Bertz CT molecular complexity index is 832. The van der Waals surface area contributed by atoms with Crippen molar-refractivity contribution in [2.24, 2.45) is 0 Å². The summed E-state index contributed by atoms with van der Waals surface area (Å²) in [6.45, 7) is 3.71. The minimum atomic E-state index is -0.300. The molecule has 116 valence electrons. The molecule has 3 aromatic rings. The number of hydrazine groups is 1. The summed E-state index contributed by atoms with van der Waals surface area (Å²) >= 11 is 0. The van der Waals surface area contributed by atoms with E-state index in [1.165, 1.54) is 0 Å². The highest BCUT2D eigenvalue weighted by atomic mass is 16.2. The summed E-state index contributed by atoms with van der Waals surface area (Å²) in [5.41, 5.74) is 8.10. The Morgan fingerprint density at radius 1 is 1.13 bits per heavy atom. The van der Waals surface area contributed by atoms with Gasteiger partial charge in [0.2, 0.25) is 5.91 Å². The highest BCUT2D eigenvalue weighted by Crippen LogP contribution is 2.20. The predicted octanol–water partition coefficient (Wildman–Crippen LogP) is 2.58. The normalized spacial score (nSPS) is 11.9. The first-order chi connectivity index (χ1) is 11.1. The molecule has 6 nitrogen and oxygen atoms in total. The number of nitrogens with zero attached hydrogens (tertiary/aromatic N) is 3. The third kappa shape index (κ3) is 3.42. The van der Waals surface area contributed by atoms with Gasteiger partial charge in [-0.2, -0.15) is 5.10 Å². The van der Waals surface area contributed by atoms with Crippen LogP contribution in [0.2, 0.25) is 0 Å². The van der Waals surface area contributed by atoms with E-state index in [4.69, 9.17) is 0 Å². The number of carbonyl (C=O) groups excluding carboxylic acids is 1. The van der Waals surface area contributed by atoms with Crippen molar-refractivity contribution < 1.29 is 4.79 Å². The van der Waals surface area contributed by atoms with Gasteiger partial charge < -0.3 is 0 Å². The molecule has 0 saturated carbocycles. The molecule has 0 fully saturated rings. The average Bonchev–Trinajstić information content (AvgIpc) is 2.60. The Hall–Kier alpha value is -3.02. The van der Waals surface area contributed by atoms with E-state index in [1.807, 2.05) is 50.2 Å². The molecule has 1 aromatic carbocycles. The van der Waals surface area contributed by atoms with Gasteiger partial charge in [0.05, 0.1) is 17.1 Å². The summed E-state index contributed by atoms with van der Waals surface area (Å²) in [6, 6.07) is 13.3. The van der Waals surface area contributed by atoms with Crippen molar-refractivity contribution in [1.82, 2.24) is 20.6 Å². The second-order valence-electron chi connectivity index (χ2n) is 5.35. The number of hydrogen-bond acceptors (Lipinski definition) is 5. The molecule has 6 heteroatoms. The van der Waals surface area contributed by atoms with Gasteiger partial charge in [-0.3, -0.25) is 20.6 Å². The van der Waals surface area contributed by atoms with Gasteiger partial charge in [0.1, 0.15) is 0 Å². The number of benzene rings is 1. The van der Waals surface area contributed by atoms with E-state index in [1.54, 1.807) is 12.3 Å². The lowest BCUT2D eigenvalue weighted by atomic mass is 9.99. The lowest BCUT2D eigenvalue weighted by Crippen LogP contribution is -2.33. The largest absolute Gasteiger partial charge is 0.280 e. The van der Waals surface area contributed by atoms with Crippen LogP contribution in [0.1, 0.15) is 24.1 Å². The number of amides is 1. The molecule has 0 radical (unpaired) electrons. The Kier molecular flexibility index (Phi) is 4.14. The van der Waals surface area contributed by atoms with Gasteiger partial charge in [0, 0.05) is 11.6 Å². The van der Waals surface area contributed by atoms with Crippen LogP contribution in [0.25, 0.3) is 10.9 Å². The number of aryl methyl sites for hydroxylation is 1. The number of rotatable bonds is 4. The predicted molar refractivity (Wildman–Crippen MR) is 88.7 cm³/mol. The highest BCUT2D eigenvalue weighted by molar-refractivity contribution is 5.86. The van der Waals surface area contributed by atoms with Crippen LogP contribution in [-0.4, -0.2) is 21.1 Å². The zero-order valence-electron chi connectivity index (χ0n) is 12.9. The quantitative estimate of drug-likeness (QED) is 0.724. The van der Waals surface area contributed by atoms with Gasteiger partial charge >= 0.3 is 0 Å². The van der Waals surface area contributed by atoms with Crippen molar-refractivity contribution >= 4 is 22.6 Å². The minimum absolute atomic E-state index is 0.143. The lowest BCUT2D eigenvalue weighted by Gasteiger charge is -2.14. The van der Waals surface area contributed by atoms with Crippen LogP contribution in [0.4, 0.5) is 5.82 Å². The molecule has 1 unspecified atom stereocenters. The van der Waals surface area contributed by atoms with E-state index in [9.17, 15) is 4.79 Å². The van der Waals surface area contributed by atoms with Gasteiger partial charge in [-0.25, -0.2) is 0 Å². The van der Waals surface area contributed by atoms with Crippen molar-refractivity contribution in [3.05, 3.63) is 59.9 Å². The van der Waals surface area contributed by atoms with Gasteiger partial charge in [0.15, 0.2) is 5.82 Å². The van der Waals surface area contributed by atoms with Crippen LogP contribution in [0.15, 0.2) is 48.7 Å². The van der Waals surface area contributed by atoms with E-state index >= 15 is 0 Å². The molecule has 0 spiro atoms. The Morgan fingerprint density at radius 3 is 2.78 bits per heavy atom. The van der Waals surface area contributed by atoms with Gasteiger partial charge in [-0.1, -0.05) is 12.1 Å². The second kappa shape index (κ2) is 6.39. The van der Waals surface area contributed by atoms with Crippen molar-refractivity contribution in [1.29, 1.82) is 0 Å². The van der Waals surface area contributed by atoms with Crippen LogP contribution in [0.5, 0.6) is 0 Å². The third-order valence-electron chi connectivity index (χ3n) is 3.63. The summed E-state index contributed by atoms with van der Waals surface area (Å²) in [5.74, 6) is 0.0555. The van der Waals surface area contributed by atoms with E-state index < -0.39 is 0 Å². The van der Waals surface area contributed by atoms with Crippen molar-refractivity contribution in [3.63, 3.8) is 0 Å². The standard InChI is InChI=1S/C17H17N5O/c1-11-5-8-16(20-19-11)21-22-17(23)12(2)13-6-7-15-14(10-13)4-3-9-18-15/h3-10,12H,1-2H3,(H,20,21)(H,22,23). The topological polar surface area (TPSA) is 79.8 Å². The number of pyridine rings is 1. The summed E-state index contributed by atoms with van der Waals surface area (Å²) in [7, 11) is 0. The van der Waals surface area contributed by atoms with Crippen LogP contribution in [0, 0.1) is 6.92 Å². The number of aromatic nitrogens is 3. The molecule has 2 aromatic heterocycles. The van der Waals surface area contributed by atoms with Gasteiger partial charge in [-0.15, -0.1) is 5.10 Å². The molecule has 0 saturated heterocycles. The van der Waals surface area contributed by atoms with Crippen molar-refractivity contribution in [2.75, 3.05) is 5.43 Å². The molecular formula is C17H17N5O. The maximum absolute atomic E-state index is 12.3. The van der Waals surface area contributed by atoms with Crippen molar-refractivity contribution in [3.8, 4) is 0 Å². The monoisotopic (exact) mass is 307 g/mol. The van der Waals surface area contributed by atoms with Crippen LogP contribution in [0.3, 0.4) is 0 Å². The molecule has 0 aliphatic heterocycles. The molecule has 2 heterocycles. The SMILES string of the molecule is Cc1ccc(NNC(=O)C(C)c2ccc3ncccc3c2)nn1. The fraction of sp³-hybridized carbons (Fsp3) is 0.176. The van der Waals surface area contributed by atoms with E-state index in [2.05, 4.69) is 26.0 Å². The van der Waals surface area contributed by atoms with Gasteiger partial charge in [0.25, 0.3) is 0 Å². The molecule has 3 rings (SSSR count).